The Morgan fingerprint density at radius 1 is 0.967 bits per heavy atom. The number of nitrogens with zero attached hydrogens (tertiary/aromatic N) is 1. The zero-order chi connectivity index (χ0) is 21.1. The van der Waals surface area contributed by atoms with Gasteiger partial charge >= 0.3 is 11.9 Å². The lowest BCUT2D eigenvalue weighted by molar-refractivity contribution is -0.129. The molecule has 3 aromatic carbocycles. The number of cyclic esters (lactones) is 1. The fraction of sp³-hybridized carbons (Fsp3) is 0. The van der Waals surface area contributed by atoms with Crippen molar-refractivity contribution in [2.24, 2.45) is 4.99 Å². The molecule has 1 aliphatic rings. The molecular formula is C23H13Cl2NO4. The highest BCUT2D eigenvalue weighted by atomic mass is 35.5. The Balaban J connectivity index is 1.50. The number of hydrogen-bond donors (Lipinski definition) is 0. The molecule has 30 heavy (non-hydrogen) atoms. The predicted molar refractivity (Wildman–Crippen MR) is 115 cm³/mol. The predicted octanol–water partition coefficient (Wildman–Crippen LogP) is 5.56. The Morgan fingerprint density at radius 2 is 1.73 bits per heavy atom. The first-order chi connectivity index (χ1) is 14.5. The molecule has 1 heterocycles. The molecule has 0 radical (unpaired) electrons. The van der Waals surface area contributed by atoms with Crippen LogP contribution >= 0.6 is 23.2 Å². The molecule has 0 spiro atoms. The van der Waals surface area contributed by atoms with Crippen LogP contribution in [-0.2, 0) is 9.53 Å². The summed E-state index contributed by atoms with van der Waals surface area (Å²) >= 11 is 12.0. The van der Waals surface area contributed by atoms with Gasteiger partial charge in [-0.25, -0.2) is 14.6 Å². The number of rotatable bonds is 4. The summed E-state index contributed by atoms with van der Waals surface area (Å²) in [5, 5.41) is 0.891. The smallest absolute Gasteiger partial charge is 0.363 e. The number of esters is 2. The van der Waals surface area contributed by atoms with Gasteiger partial charge in [-0.3, -0.25) is 0 Å². The lowest BCUT2D eigenvalue weighted by atomic mass is 10.2. The fourth-order valence-corrected chi connectivity index (χ4v) is 3.14. The third-order valence-corrected chi connectivity index (χ3v) is 4.74. The van der Waals surface area contributed by atoms with Crippen LogP contribution in [0.5, 0.6) is 5.75 Å². The minimum Gasteiger partial charge on any atom is -0.423 e. The Bertz CT molecular complexity index is 1200. The SMILES string of the molecule is O=C1OC(c2ccccc2Cl)=N/C1=C\c1ccc(OC(=O)c2cccc(Cl)c2)cc1. The van der Waals surface area contributed by atoms with Crippen LogP contribution in [-0.4, -0.2) is 17.8 Å². The third kappa shape index (κ3) is 4.43. The molecule has 5 nitrogen and oxygen atoms in total. The quantitative estimate of drug-likeness (QED) is 0.304. The van der Waals surface area contributed by atoms with Crippen molar-refractivity contribution in [2.75, 3.05) is 0 Å². The number of benzene rings is 3. The molecule has 1 aliphatic heterocycles. The monoisotopic (exact) mass is 437 g/mol. The van der Waals surface area contributed by atoms with Crippen molar-refractivity contribution in [1.82, 2.24) is 0 Å². The van der Waals surface area contributed by atoms with Crippen LogP contribution in [0.4, 0.5) is 0 Å². The average Bonchev–Trinajstić information content (AvgIpc) is 3.10. The van der Waals surface area contributed by atoms with Gasteiger partial charge in [0.05, 0.1) is 16.1 Å². The Morgan fingerprint density at radius 3 is 2.47 bits per heavy atom. The Kier molecular flexibility index (Phi) is 5.65. The molecular weight excluding hydrogens is 425 g/mol. The summed E-state index contributed by atoms with van der Waals surface area (Å²) in [5.41, 5.74) is 1.73. The molecule has 0 aliphatic carbocycles. The molecule has 0 saturated carbocycles. The van der Waals surface area contributed by atoms with Crippen LogP contribution in [0.1, 0.15) is 21.5 Å². The van der Waals surface area contributed by atoms with E-state index in [9.17, 15) is 9.59 Å². The van der Waals surface area contributed by atoms with Gasteiger partial charge in [-0.05, 0) is 54.1 Å². The first kappa shape index (κ1) is 19.9. The molecule has 148 valence electrons. The van der Waals surface area contributed by atoms with E-state index >= 15 is 0 Å². The average molecular weight is 438 g/mol. The first-order valence-electron chi connectivity index (χ1n) is 8.85. The minimum absolute atomic E-state index is 0.147. The van der Waals surface area contributed by atoms with Crippen LogP contribution in [0.25, 0.3) is 6.08 Å². The summed E-state index contributed by atoms with van der Waals surface area (Å²) in [6.45, 7) is 0. The molecule has 0 fully saturated rings. The summed E-state index contributed by atoms with van der Waals surface area (Å²) in [7, 11) is 0. The number of carbonyl (C=O) groups excluding carboxylic acids is 2. The molecule has 7 heteroatoms. The maximum absolute atomic E-state index is 12.2. The van der Waals surface area contributed by atoms with Gasteiger partial charge in [0.15, 0.2) is 5.70 Å². The zero-order valence-corrected chi connectivity index (χ0v) is 16.9. The second-order valence-electron chi connectivity index (χ2n) is 6.28. The number of halogens is 2. The number of carbonyl (C=O) groups is 2. The first-order valence-corrected chi connectivity index (χ1v) is 9.60. The number of ether oxygens (including phenoxy) is 2. The van der Waals surface area contributed by atoms with Gasteiger partial charge in [-0.1, -0.05) is 53.5 Å². The molecule has 0 N–H and O–H groups in total. The normalized spacial score (nSPS) is 14.4. The summed E-state index contributed by atoms with van der Waals surface area (Å²) in [6.07, 6.45) is 1.58. The van der Waals surface area contributed by atoms with E-state index in [0.29, 0.717) is 32.5 Å². The molecule has 0 amide bonds. The highest BCUT2D eigenvalue weighted by molar-refractivity contribution is 6.34. The van der Waals surface area contributed by atoms with Crippen LogP contribution in [0, 0.1) is 0 Å². The van der Waals surface area contributed by atoms with Crippen LogP contribution in [0.3, 0.4) is 0 Å². The van der Waals surface area contributed by atoms with Gasteiger partial charge in [0.1, 0.15) is 5.75 Å². The van der Waals surface area contributed by atoms with E-state index in [-0.39, 0.29) is 11.6 Å². The lowest BCUT2D eigenvalue weighted by Gasteiger charge is -2.05. The van der Waals surface area contributed by atoms with Crippen LogP contribution < -0.4 is 4.74 Å². The maximum Gasteiger partial charge on any atom is 0.363 e. The Labute approximate surface area is 182 Å². The Hall–Kier alpha value is -3.41. The standard InChI is InChI=1S/C23H13Cl2NO4/c24-16-5-3-4-15(13-16)22(27)29-17-10-8-14(9-11-17)12-20-23(28)30-21(26-20)18-6-1-2-7-19(18)25/h1-13H/b20-12-. The molecule has 0 bridgehead atoms. The summed E-state index contributed by atoms with van der Waals surface area (Å²) in [6, 6.07) is 20.1. The van der Waals surface area contributed by atoms with Gasteiger partial charge in [0, 0.05) is 5.02 Å². The molecule has 0 aromatic heterocycles. The summed E-state index contributed by atoms with van der Waals surface area (Å²) < 4.78 is 10.6. The van der Waals surface area contributed by atoms with E-state index < -0.39 is 11.9 Å². The molecule has 4 rings (SSSR count). The molecule has 3 aromatic rings. The van der Waals surface area contributed by atoms with Crippen molar-refractivity contribution in [1.29, 1.82) is 0 Å². The van der Waals surface area contributed by atoms with E-state index in [1.165, 1.54) is 6.07 Å². The van der Waals surface area contributed by atoms with Crippen molar-refractivity contribution >= 4 is 47.1 Å². The molecule has 0 atom stereocenters. The molecule has 0 saturated heterocycles. The summed E-state index contributed by atoms with van der Waals surface area (Å²) in [5.74, 6) is -0.571. The van der Waals surface area contributed by atoms with Gasteiger partial charge in [0.25, 0.3) is 0 Å². The number of aliphatic imine (C=N–C) groups is 1. The maximum atomic E-state index is 12.2. The number of hydrogen-bond acceptors (Lipinski definition) is 5. The van der Waals surface area contributed by atoms with Gasteiger partial charge in [-0.2, -0.15) is 0 Å². The van der Waals surface area contributed by atoms with Crippen molar-refractivity contribution < 1.29 is 19.1 Å². The molecule has 0 unspecified atom stereocenters. The van der Waals surface area contributed by atoms with Crippen molar-refractivity contribution in [3.8, 4) is 5.75 Å². The highest BCUT2D eigenvalue weighted by Crippen LogP contribution is 2.24. The van der Waals surface area contributed by atoms with Gasteiger partial charge in [0.2, 0.25) is 5.90 Å². The van der Waals surface area contributed by atoms with E-state index in [1.807, 2.05) is 0 Å². The van der Waals surface area contributed by atoms with E-state index in [2.05, 4.69) is 4.99 Å². The third-order valence-electron chi connectivity index (χ3n) is 4.18. The van der Waals surface area contributed by atoms with Gasteiger partial charge < -0.3 is 9.47 Å². The van der Waals surface area contributed by atoms with Crippen LogP contribution in [0.15, 0.2) is 83.5 Å². The zero-order valence-electron chi connectivity index (χ0n) is 15.3. The van der Waals surface area contributed by atoms with Crippen molar-refractivity contribution in [3.05, 3.63) is 105 Å². The largest absolute Gasteiger partial charge is 0.423 e. The van der Waals surface area contributed by atoms with Gasteiger partial charge in [-0.15, -0.1) is 0 Å². The second-order valence-corrected chi connectivity index (χ2v) is 7.13. The minimum atomic E-state index is -0.568. The fourth-order valence-electron chi connectivity index (χ4n) is 2.73. The topological polar surface area (TPSA) is 65.0 Å². The van der Waals surface area contributed by atoms with Crippen molar-refractivity contribution in [2.45, 2.75) is 0 Å². The second kappa shape index (κ2) is 8.53. The van der Waals surface area contributed by atoms with Crippen molar-refractivity contribution in [3.63, 3.8) is 0 Å². The summed E-state index contributed by atoms with van der Waals surface area (Å²) in [4.78, 5) is 28.6. The lowest BCUT2D eigenvalue weighted by Crippen LogP contribution is -2.08. The van der Waals surface area contributed by atoms with E-state index in [0.717, 1.165) is 0 Å². The van der Waals surface area contributed by atoms with Crippen LogP contribution in [0.2, 0.25) is 10.0 Å². The van der Waals surface area contributed by atoms with E-state index in [1.54, 1.807) is 72.8 Å². The highest BCUT2D eigenvalue weighted by Gasteiger charge is 2.25. The van der Waals surface area contributed by atoms with E-state index in [4.69, 9.17) is 32.7 Å².